The Bertz CT molecular complexity index is 493. The zero-order valence-electron chi connectivity index (χ0n) is 9.11. The SMILES string of the molecule is O=C(O)c1ccn(CCOc2ccccc2)n1. The summed E-state index contributed by atoms with van der Waals surface area (Å²) in [6.07, 6.45) is 1.62. The lowest BCUT2D eigenvalue weighted by atomic mass is 10.3. The van der Waals surface area contributed by atoms with E-state index in [0.717, 1.165) is 5.75 Å². The number of carboxylic acid groups (broad SMARTS) is 1. The van der Waals surface area contributed by atoms with Gasteiger partial charge in [-0.25, -0.2) is 4.79 Å². The Kier molecular flexibility index (Phi) is 3.40. The largest absolute Gasteiger partial charge is 0.492 e. The van der Waals surface area contributed by atoms with E-state index in [1.807, 2.05) is 30.3 Å². The summed E-state index contributed by atoms with van der Waals surface area (Å²) >= 11 is 0. The van der Waals surface area contributed by atoms with Crippen LogP contribution in [0.25, 0.3) is 0 Å². The number of hydrogen-bond donors (Lipinski definition) is 1. The number of nitrogens with zero attached hydrogens (tertiary/aromatic N) is 2. The van der Waals surface area contributed by atoms with Crippen molar-refractivity contribution in [2.24, 2.45) is 0 Å². The lowest BCUT2D eigenvalue weighted by molar-refractivity contribution is 0.0689. The van der Waals surface area contributed by atoms with Gasteiger partial charge in [0.2, 0.25) is 0 Å². The molecule has 0 bridgehead atoms. The summed E-state index contributed by atoms with van der Waals surface area (Å²) in [6.45, 7) is 0.965. The molecule has 0 aliphatic rings. The van der Waals surface area contributed by atoms with Crippen LogP contribution < -0.4 is 4.74 Å². The van der Waals surface area contributed by atoms with Gasteiger partial charge in [0.1, 0.15) is 12.4 Å². The number of carboxylic acids is 1. The highest BCUT2D eigenvalue weighted by Crippen LogP contribution is 2.08. The molecule has 2 rings (SSSR count). The molecule has 17 heavy (non-hydrogen) atoms. The quantitative estimate of drug-likeness (QED) is 0.851. The normalized spacial score (nSPS) is 10.1. The predicted octanol–water partition coefficient (Wildman–Crippen LogP) is 1.66. The molecule has 2 aromatic rings. The molecule has 5 nitrogen and oxygen atoms in total. The topological polar surface area (TPSA) is 64.3 Å². The van der Waals surface area contributed by atoms with Gasteiger partial charge in [-0.2, -0.15) is 5.10 Å². The third kappa shape index (κ3) is 3.07. The van der Waals surface area contributed by atoms with E-state index >= 15 is 0 Å². The van der Waals surface area contributed by atoms with Crippen molar-refractivity contribution in [1.29, 1.82) is 0 Å². The zero-order valence-corrected chi connectivity index (χ0v) is 9.11. The van der Waals surface area contributed by atoms with E-state index < -0.39 is 5.97 Å². The van der Waals surface area contributed by atoms with Crippen molar-refractivity contribution < 1.29 is 14.6 Å². The number of carbonyl (C=O) groups is 1. The summed E-state index contributed by atoms with van der Waals surface area (Å²) < 4.78 is 7.02. The van der Waals surface area contributed by atoms with Crippen molar-refractivity contribution in [2.75, 3.05) is 6.61 Å². The van der Waals surface area contributed by atoms with E-state index in [4.69, 9.17) is 9.84 Å². The Morgan fingerprint density at radius 3 is 2.71 bits per heavy atom. The minimum absolute atomic E-state index is 0.0460. The third-order valence-electron chi connectivity index (χ3n) is 2.19. The minimum atomic E-state index is -1.02. The smallest absolute Gasteiger partial charge is 0.356 e. The van der Waals surface area contributed by atoms with Gasteiger partial charge in [-0.3, -0.25) is 4.68 Å². The lowest BCUT2D eigenvalue weighted by Crippen LogP contribution is -2.09. The molecule has 0 aliphatic carbocycles. The van der Waals surface area contributed by atoms with Crippen LogP contribution in [0.2, 0.25) is 0 Å². The second-order valence-corrected chi connectivity index (χ2v) is 3.43. The Morgan fingerprint density at radius 2 is 2.06 bits per heavy atom. The van der Waals surface area contributed by atoms with Gasteiger partial charge in [-0.05, 0) is 18.2 Å². The Morgan fingerprint density at radius 1 is 1.29 bits per heavy atom. The van der Waals surface area contributed by atoms with Crippen molar-refractivity contribution in [3.8, 4) is 5.75 Å². The fourth-order valence-electron chi connectivity index (χ4n) is 1.37. The van der Waals surface area contributed by atoms with Gasteiger partial charge < -0.3 is 9.84 Å². The Labute approximate surface area is 98.3 Å². The number of ether oxygens (including phenoxy) is 1. The van der Waals surface area contributed by atoms with Gasteiger partial charge in [0.15, 0.2) is 5.69 Å². The van der Waals surface area contributed by atoms with Gasteiger partial charge >= 0.3 is 5.97 Å². The predicted molar refractivity (Wildman–Crippen MR) is 61.1 cm³/mol. The number of aromatic carboxylic acids is 1. The van der Waals surface area contributed by atoms with Crippen LogP contribution in [-0.4, -0.2) is 27.5 Å². The molecular weight excluding hydrogens is 220 g/mol. The van der Waals surface area contributed by atoms with Gasteiger partial charge in [0.25, 0.3) is 0 Å². The van der Waals surface area contributed by atoms with Crippen molar-refractivity contribution in [3.63, 3.8) is 0 Å². The first-order valence-electron chi connectivity index (χ1n) is 5.20. The summed E-state index contributed by atoms with van der Waals surface area (Å²) in [4.78, 5) is 10.6. The fourth-order valence-corrected chi connectivity index (χ4v) is 1.37. The molecule has 0 spiro atoms. The van der Waals surface area contributed by atoms with Gasteiger partial charge in [-0.15, -0.1) is 0 Å². The van der Waals surface area contributed by atoms with Gasteiger partial charge in [0.05, 0.1) is 6.54 Å². The lowest BCUT2D eigenvalue weighted by Gasteiger charge is -2.05. The Hall–Kier alpha value is -2.30. The average Bonchev–Trinajstić information content (AvgIpc) is 2.79. The number of para-hydroxylation sites is 1. The molecule has 1 N–H and O–H groups in total. The number of rotatable bonds is 5. The molecular formula is C12H12N2O3. The second kappa shape index (κ2) is 5.16. The van der Waals surface area contributed by atoms with Crippen molar-refractivity contribution in [1.82, 2.24) is 9.78 Å². The van der Waals surface area contributed by atoms with Crippen LogP contribution >= 0.6 is 0 Å². The van der Waals surface area contributed by atoms with Crippen LogP contribution in [-0.2, 0) is 6.54 Å². The van der Waals surface area contributed by atoms with Crippen LogP contribution in [0.5, 0.6) is 5.75 Å². The van der Waals surface area contributed by atoms with Crippen molar-refractivity contribution in [2.45, 2.75) is 6.54 Å². The van der Waals surface area contributed by atoms with Crippen LogP contribution in [0.15, 0.2) is 42.6 Å². The monoisotopic (exact) mass is 232 g/mol. The molecule has 0 fully saturated rings. The highest BCUT2D eigenvalue weighted by atomic mass is 16.5. The summed E-state index contributed by atoms with van der Waals surface area (Å²) in [5.41, 5.74) is 0.0460. The third-order valence-corrected chi connectivity index (χ3v) is 2.19. The van der Waals surface area contributed by atoms with E-state index in [1.54, 1.807) is 10.9 Å². The molecule has 0 saturated carbocycles. The number of aromatic nitrogens is 2. The summed E-state index contributed by atoms with van der Waals surface area (Å²) in [5, 5.41) is 12.6. The van der Waals surface area contributed by atoms with Crippen LogP contribution in [0, 0.1) is 0 Å². The molecule has 0 unspecified atom stereocenters. The molecule has 1 aromatic heterocycles. The fraction of sp³-hybridized carbons (Fsp3) is 0.167. The maximum Gasteiger partial charge on any atom is 0.356 e. The molecule has 0 saturated heterocycles. The highest BCUT2D eigenvalue weighted by molar-refractivity contribution is 5.84. The van der Waals surface area contributed by atoms with E-state index in [1.165, 1.54) is 6.07 Å². The first kappa shape index (κ1) is 11.2. The van der Waals surface area contributed by atoms with E-state index in [2.05, 4.69) is 5.10 Å². The van der Waals surface area contributed by atoms with Crippen LogP contribution in [0.3, 0.4) is 0 Å². The molecule has 1 aromatic carbocycles. The number of benzene rings is 1. The first-order valence-corrected chi connectivity index (χ1v) is 5.20. The van der Waals surface area contributed by atoms with Crippen LogP contribution in [0.4, 0.5) is 0 Å². The second-order valence-electron chi connectivity index (χ2n) is 3.43. The average molecular weight is 232 g/mol. The minimum Gasteiger partial charge on any atom is -0.492 e. The van der Waals surface area contributed by atoms with E-state index in [9.17, 15) is 4.79 Å². The number of hydrogen-bond acceptors (Lipinski definition) is 3. The first-order chi connectivity index (χ1) is 8.25. The van der Waals surface area contributed by atoms with E-state index in [-0.39, 0.29) is 5.69 Å². The maximum atomic E-state index is 10.6. The molecule has 0 amide bonds. The summed E-state index contributed by atoms with van der Waals surface area (Å²) in [6, 6.07) is 10.9. The van der Waals surface area contributed by atoms with Gasteiger partial charge in [0, 0.05) is 6.20 Å². The Balaban J connectivity index is 1.84. The van der Waals surface area contributed by atoms with Crippen LogP contribution in [0.1, 0.15) is 10.5 Å². The molecule has 0 atom stereocenters. The molecule has 0 radical (unpaired) electrons. The standard InChI is InChI=1S/C12H12N2O3/c15-12(16)11-6-7-14(13-11)8-9-17-10-4-2-1-3-5-10/h1-7H,8-9H2,(H,15,16). The maximum absolute atomic E-state index is 10.6. The molecule has 88 valence electrons. The van der Waals surface area contributed by atoms with Crippen molar-refractivity contribution in [3.05, 3.63) is 48.3 Å². The van der Waals surface area contributed by atoms with E-state index in [0.29, 0.717) is 13.2 Å². The molecule has 0 aliphatic heterocycles. The van der Waals surface area contributed by atoms with Gasteiger partial charge in [-0.1, -0.05) is 18.2 Å². The highest BCUT2D eigenvalue weighted by Gasteiger charge is 2.05. The summed E-state index contributed by atoms with van der Waals surface area (Å²) in [7, 11) is 0. The molecule has 1 heterocycles. The summed E-state index contributed by atoms with van der Waals surface area (Å²) in [5.74, 6) is -0.231. The zero-order chi connectivity index (χ0) is 12.1. The van der Waals surface area contributed by atoms with Crippen molar-refractivity contribution >= 4 is 5.97 Å². The molecule has 5 heteroatoms.